The van der Waals surface area contributed by atoms with Crippen molar-refractivity contribution in [2.75, 3.05) is 0 Å². The molecule has 12 heavy (non-hydrogen) atoms. The zero-order valence-corrected chi connectivity index (χ0v) is 9.70. The van der Waals surface area contributed by atoms with Crippen LogP contribution in [0.2, 0.25) is 0 Å². The SMILES string of the molecule is CCCCC1=[C-]CC=C1.[F-].[F-].[Zr+3]. The summed E-state index contributed by atoms with van der Waals surface area (Å²) in [5.74, 6) is 0. The van der Waals surface area contributed by atoms with Gasteiger partial charge in [0, 0.05) is 0 Å². The van der Waals surface area contributed by atoms with Crippen molar-refractivity contribution >= 4 is 0 Å². The van der Waals surface area contributed by atoms with Gasteiger partial charge < -0.3 is 9.41 Å². The molecule has 0 fully saturated rings. The van der Waals surface area contributed by atoms with E-state index in [1.54, 1.807) is 0 Å². The summed E-state index contributed by atoms with van der Waals surface area (Å²) in [4.78, 5) is 0. The zero-order chi connectivity index (χ0) is 6.53. The van der Waals surface area contributed by atoms with E-state index in [9.17, 15) is 0 Å². The van der Waals surface area contributed by atoms with Crippen LogP contribution in [0.25, 0.3) is 0 Å². The first kappa shape index (κ1) is 18.1. The van der Waals surface area contributed by atoms with E-state index in [0.29, 0.717) is 0 Å². The molecule has 0 nitrogen and oxygen atoms in total. The molecule has 1 aliphatic rings. The molecular formula is C9H13F2Zr. The Morgan fingerprint density at radius 3 is 2.50 bits per heavy atom. The average molecular weight is 250 g/mol. The number of hydrogen-bond acceptors (Lipinski definition) is 0. The molecule has 1 aliphatic carbocycles. The van der Waals surface area contributed by atoms with E-state index >= 15 is 0 Å². The molecule has 67 valence electrons. The second-order valence-corrected chi connectivity index (χ2v) is 2.41. The Morgan fingerprint density at radius 1 is 1.42 bits per heavy atom. The van der Waals surface area contributed by atoms with Crippen molar-refractivity contribution in [2.24, 2.45) is 0 Å². The molecule has 0 atom stereocenters. The Labute approximate surface area is 92.0 Å². The predicted molar refractivity (Wildman–Crippen MR) is 40.0 cm³/mol. The topological polar surface area (TPSA) is 0 Å². The smallest absolute Gasteiger partial charge is 1.00 e. The maximum atomic E-state index is 3.30. The minimum Gasteiger partial charge on any atom is -1.00 e. The fourth-order valence-electron chi connectivity index (χ4n) is 0.989. The number of allylic oxidation sites excluding steroid dienone is 4. The third-order valence-electron chi connectivity index (χ3n) is 1.57. The molecule has 0 unspecified atom stereocenters. The van der Waals surface area contributed by atoms with Gasteiger partial charge in [0.1, 0.15) is 0 Å². The van der Waals surface area contributed by atoms with E-state index in [1.807, 2.05) is 0 Å². The summed E-state index contributed by atoms with van der Waals surface area (Å²) in [6.07, 6.45) is 12.5. The summed E-state index contributed by atoms with van der Waals surface area (Å²) in [5, 5.41) is 0. The van der Waals surface area contributed by atoms with Gasteiger partial charge in [-0.05, 0) is 0 Å². The zero-order valence-electron chi connectivity index (χ0n) is 7.24. The van der Waals surface area contributed by atoms with Crippen LogP contribution in [0.5, 0.6) is 0 Å². The summed E-state index contributed by atoms with van der Waals surface area (Å²) < 4.78 is 0. The van der Waals surface area contributed by atoms with Gasteiger partial charge in [-0.1, -0.05) is 26.2 Å². The molecule has 0 bridgehead atoms. The summed E-state index contributed by atoms with van der Waals surface area (Å²) in [7, 11) is 0. The van der Waals surface area contributed by atoms with Crippen LogP contribution < -0.4 is 9.41 Å². The van der Waals surface area contributed by atoms with Gasteiger partial charge >= 0.3 is 26.2 Å². The molecule has 0 heterocycles. The Morgan fingerprint density at radius 2 is 2.08 bits per heavy atom. The van der Waals surface area contributed by atoms with Crippen molar-refractivity contribution in [3.8, 4) is 0 Å². The van der Waals surface area contributed by atoms with E-state index < -0.39 is 0 Å². The van der Waals surface area contributed by atoms with Crippen LogP contribution in [-0.4, -0.2) is 0 Å². The fourth-order valence-corrected chi connectivity index (χ4v) is 0.989. The Balaban J connectivity index is -0.000000270. The molecule has 0 aliphatic heterocycles. The minimum absolute atomic E-state index is 0. The number of hydrogen-bond donors (Lipinski definition) is 0. The van der Waals surface area contributed by atoms with Crippen molar-refractivity contribution in [3.05, 3.63) is 23.8 Å². The summed E-state index contributed by atoms with van der Waals surface area (Å²) in [6, 6.07) is 0. The van der Waals surface area contributed by atoms with Gasteiger partial charge in [0.2, 0.25) is 0 Å². The predicted octanol–water partition coefficient (Wildman–Crippen LogP) is -3.13. The largest absolute Gasteiger partial charge is 3.00 e. The van der Waals surface area contributed by atoms with E-state index in [1.165, 1.54) is 24.8 Å². The summed E-state index contributed by atoms with van der Waals surface area (Å²) in [6.45, 7) is 2.22. The summed E-state index contributed by atoms with van der Waals surface area (Å²) >= 11 is 0. The quantitative estimate of drug-likeness (QED) is 0.465. The van der Waals surface area contributed by atoms with Crippen LogP contribution in [0, 0.1) is 6.08 Å². The second kappa shape index (κ2) is 11.2. The van der Waals surface area contributed by atoms with E-state index in [2.05, 4.69) is 25.2 Å². The standard InChI is InChI=1S/C9H13.2FH.Zr/c1-2-3-6-9-7-4-5-8-9;;;/h4,7H,2-3,5-6H2,1H3;2*1H;/q-1;;;+3/p-2. The molecule has 0 aromatic rings. The third-order valence-corrected chi connectivity index (χ3v) is 1.57. The minimum atomic E-state index is 0. The third kappa shape index (κ3) is 6.90. The van der Waals surface area contributed by atoms with E-state index in [0.717, 1.165) is 6.42 Å². The molecule has 0 amide bonds. The molecule has 0 N–H and O–H groups in total. The van der Waals surface area contributed by atoms with Crippen LogP contribution in [-0.2, 0) is 26.2 Å². The normalized spacial score (nSPS) is 12.2. The first-order valence-corrected chi connectivity index (χ1v) is 3.69. The molecule has 3 heteroatoms. The van der Waals surface area contributed by atoms with Crippen molar-refractivity contribution in [1.82, 2.24) is 0 Å². The Kier molecular flexibility index (Phi) is 16.9. The maximum Gasteiger partial charge on any atom is 3.00 e. The molecule has 1 radical (unpaired) electrons. The first-order chi connectivity index (χ1) is 4.43. The maximum absolute atomic E-state index is 3.30. The van der Waals surface area contributed by atoms with Crippen LogP contribution in [0.4, 0.5) is 0 Å². The van der Waals surface area contributed by atoms with E-state index in [-0.39, 0.29) is 35.6 Å². The van der Waals surface area contributed by atoms with Gasteiger partial charge in [0.25, 0.3) is 0 Å². The van der Waals surface area contributed by atoms with Crippen molar-refractivity contribution in [3.63, 3.8) is 0 Å². The molecule has 0 saturated heterocycles. The average Bonchev–Trinajstić information content (AvgIpc) is 2.34. The molecule has 0 aromatic heterocycles. The molecule has 0 saturated carbocycles. The van der Waals surface area contributed by atoms with Gasteiger partial charge in [0.05, 0.1) is 0 Å². The molecule has 0 aromatic carbocycles. The second-order valence-electron chi connectivity index (χ2n) is 2.41. The van der Waals surface area contributed by atoms with Crippen LogP contribution in [0.3, 0.4) is 0 Å². The fraction of sp³-hybridized carbons (Fsp3) is 0.556. The Bertz CT molecular complexity index is 141. The first-order valence-electron chi connectivity index (χ1n) is 3.69. The molecular weight excluding hydrogens is 237 g/mol. The van der Waals surface area contributed by atoms with Crippen molar-refractivity contribution < 1.29 is 35.6 Å². The Hall–Kier alpha value is 0.223. The van der Waals surface area contributed by atoms with Crippen molar-refractivity contribution in [1.29, 1.82) is 0 Å². The van der Waals surface area contributed by atoms with Gasteiger partial charge in [-0.25, -0.2) is 11.6 Å². The van der Waals surface area contributed by atoms with Gasteiger partial charge in [-0.15, -0.1) is 6.42 Å². The molecule has 1 rings (SSSR count). The van der Waals surface area contributed by atoms with Crippen LogP contribution in [0.15, 0.2) is 17.7 Å². The van der Waals surface area contributed by atoms with E-state index in [4.69, 9.17) is 0 Å². The number of rotatable bonds is 3. The van der Waals surface area contributed by atoms with Gasteiger partial charge in [-0.3, -0.25) is 6.08 Å². The monoisotopic (exact) mass is 249 g/mol. The van der Waals surface area contributed by atoms with Gasteiger partial charge in [-0.2, -0.15) is 6.08 Å². The summed E-state index contributed by atoms with van der Waals surface area (Å²) in [5.41, 5.74) is 1.41. The van der Waals surface area contributed by atoms with Crippen molar-refractivity contribution in [2.45, 2.75) is 32.6 Å². The number of halogens is 2. The van der Waals surface area contributed by atoms with Crippen LogP contribution >= 0.6 is 0 Å². The number of unbranched alkanes of at least 4 members (excludes halogenated alkanes) is 1. The molecule has 0 spiro atoms. The van der Waals surface area contributed by atoms with Gasteiger partial charge in [0.15, 0.2) is 0 Å². The van der Waals surface area contributed by atoms with Crippen LogP contribution in [0.1, 0.15) is 32.6 Å².